The van der Waals surface area contributed by atoms with Crippen LogP contribution in [0.25, 0.3) is 6.08 Å². The van der Waals surface area contributed by atoms with E-state index >= 15 is 0 Å². The van der Waals surface area contributed by atoms with Gasteiger partial charge in [0.05, 0.1) is 5.56 Å². The number of carbonyl (C=O) groups is 2. The van der Waals surface area contributed by atoms with Crippen molar-refractivity contribution in [3.05, 3.63) is 18.4 Å². The van der Waals surface area contributed by atoms with Gasteiger partial charge in [-0.15, -0.1) is 0 Å². The second-order valence-corrected chi connectivity index (χ2v) is 4.40. The number of hydrogen-bond donors (Lipinski definition) is 1. The summed E-state index contributed by atoms with van der Waals surface area (Å²) >= 11 is 0. The maximum atomic E-state index is 11.8. The van der Waals surface area contributed by atoms with E-state index in [0.29, 0.717) is 4.90 Å². The maximum absolute atomic E-state index is 11.8. The average molecular weight is 254 g/mol. The van der Waals surface area contributed by atoms with Crippen molar-refractivity contribution in [2.75, 3.05) is 4.90 Å². The molecule has 0 bridgehead atoms. The molecule has 0 atom stereocenters. The molecule has 2 amide bonds. The fourth-order valence-corrected chi connectivity index (χ4v) is 1.11. The molecule has 7 heteroatoms. The van der Waals surface area contributed by atoms with E-state index < -0.39 is 17.8 Å². The molecule has 1 N–H and O–H groups in total. The summed E-state index contributed by atoms with van der Waals surface area (Å²) in [5, 5.41) is 12.5. The molecule has 0 spiro atoms. The summed E-state index contributed by atoms with van der Waals surface area (Å²) in [7, 11) is 0. The Morgan fingerprint density at radius 1 is 1.56 bits per heavy atom. The van der Waals surface area contributed by atoms with Crippen LogP contribution in [0.2, 0.25) is 0 Å². The van der Waals surface area contributed by atoms with Crippen molar-refractivity contribution in [2.24, 2.45) is 0 Å². The number of rotatable bonds is 2. The highest BCUT2D eigenvalue weighted by atomic mass is 16.6. The number of carboxylic acid groups (broad SMARTS) is 1. The van der Waals surface area contributed by atoms with Crippen molar-refractivity contribution in [1.82, 2.24) is 5.16 Å². The number of hydrogen-bond acceptors (Lipinski definition) is 5. The second kappa shape index (κ2) is 4.91. The Morgan fingerprint density at radius 2 is 2.17 bits per heavy atom. The third-order valence-corrected chi connectivity index (χ3v) is 1.78. The smallest absolute Gasteiger partial charge is 0.425 e. The van der Waals surface area contributed by atoms with Crippen LogP contribution in [0.3, 0.4) is 0 Å². The van der Waals surface area contributed by atoms with E-state index in [9.17, 15) is 9.59 Å². The molecule has 0 aromatic carbocycles. The Morgan fingerprint density at radius 3 is 2.61 bits per heavy atom. The van der Waals surface area contributed by atoms with E-state index in [0.717, 1.165) is 0 Å². The molecular weight excluding hydrogens is 240 g/mol. The van der Waals surface area contributed by atoms with E-state index in [-0.39, 0.29) is 11.4 Å². The quantitative estimate of drug-likeness (QED) is 0.872. The molecule has 0 fully saturated rings. The van der Waals surface area contributed by atoms with E-state index in [1.807, 2.05) is 0 Å². The molecule has 1 rings (SSSR count). The number of nitrogens with zero attached hydrogens (tertiary/aromatic N) is 2. The Kier molecular flexibility index (Phi) is 3.75. The summed E-state index contributed by atoms with van der Waals surface area (Å²) < 4.78 is 9.59. The first kappa shape index (κ1) is 13.8. The molecule has 0 radical (unpaired) electrons. The minimum Gasteiger partial charge on any atom is -0.464 e. The Labute approximate surface area is 104 Å². The predicted molar refractivity (Wildman–Crippen MR) is 63.3 cm³/mol. The zero-order chi connectivity index (χ0) is 13.9. The highest BCUT2D eigenvalue weighted by Gasteiger charge is 2.32. The summed E-state index contributed by atoms with van der Waals surface area (Å²) in [5.74, 6) is -0.174. The lowest BCUT2D eigenvalue weighted by Gasteiger charge is -2.23. The molecule has 1 aromatic heterocycles. The first-order chi connectivity index (χ1) is 8.26. The van der Waals surface area contributed by atoms with Crippen LogP contribution in [-0.4, -0.2) is 28.1 Å². The average Bonchev–Trinajstić information content (AvgIpc) is 2.62. The van der Waals surface area contributed by atoms with Gasteiger partial charge in [0.1, 0.15) is 11.9 Å². The minimum atomic E-state index is -1.51. The maximum Gasteiger partial charge on any atom is 0.425 e. The fourth-order valence-electron chi connectivity index (χ4n) is 1.11. The van der Waals surface area contributed by atoms with E-state index in [4.69, 9.17) is 9.84 Å². The van der Waals surface area contributed by atoms with Crippen LogP contribution in [-0.2, 0) is 4.74 Å². The second-order valence-electron chi connectivity index (χ2n) is 4.40. The monoisotopic (exact) mass is 254 g/mol. The lowest BCUT2D eigenvalue weighted by atomic mass is 10.2. The molecule has 0 saturated carbocycles. The van der Waals surface area contributed by atoms with Gasteiger partial charge in [-0.05, 0) is 20.8 Å². The molecule has 1 heterocycles. The number of imide groups is 1. The largest absolute Gasteiger partial charge is 0.464 e. The van der Waals surface area contributed by atoms with Crippen molar-refractivity contribution in [1.29, 1.82) is 0 Å². The highest BCUT2D eigenvalue weighted by Crippen LogP contribution is 2.22. The fraction of sp³-hybridized carbons (Fsp3) is 0.364. The van der Waals surface area contributed by atoms with Crippen molar-refractivity contribution >= 4 is 24.1 Å². The molecule has 0 aliphatic carbocycles. The number of aromatic nitrogens is 1. The van der Waals surface area contributed by atoms with Crippen molar-refractivity contribution in [2.45, 2.75) is 26.4 Å². The Balaban J connectivity index is 3.08. The molecule has 18 heavy (non-hydrogen) atoms. The minimum absolute atomic E-state index is 0.174. The summed E-state index contributed by atoms with van der Waals surface area (Å²) in [6.45, 7) is 8.35. The van der Waals surface area contributed by atoms with Gasteiger partial charge in [0.15, 0.2) is 5.82 Å². The third kappa shape index (κ3) is 3.09. The summed E-state index contributed by atoms with van der Waals surface area (Å²) in [6, 6.07) is 0. The van der Waals surface area contributed by atoms with Crippen LogP contribution in [0.5, 0.6) is 0 Å². The van der Waals surface area contributed by atoms with Crippen LogP contribution in [0.1, 0.15) is 26.3 Å². The number of ether oxygens (including phenoxy) is 1. The van der Waals surface area contributed by atoms with Gasteiger partial charge in [-0.3, -0.25) is 0 Å². The van der Waals surface area contributed by atoms with Gasteiger partial charge >= 0.3 is 12.2 Å². The zero-order valence-corrected chi connectivity index (χ0v) is 10.3. The summed E-state index contributed by atoms with van der Waals surface area (Å²) in [6.07, 6.45) is -0.0531. The number of amides is 2. The lowest BCUT2D eigenvalue weighted by Crippen LogP contribution is -2.40. The highest BCUT2D eigenvalue weighted by molar-refractivity contribution is 6.08. The van der Waals surface area contributed by atoms with E-state index in [1.165, 1.54) is 12.3 Å². The topological polar surface area (TPSA) is 92.9 Å². The van der Waals surface area contributed by atoms with Gasteiger partial charge in [-0.25, -0.2) is 9.59 Å². The summed E-state index contributed by atoms with van der Waals surface area (Å²) in [4.78, 5) is 23.2. The first-order valence-electron chi connectivity index (χ1n) is 5.09. The molecule has 0 unspecified atom stereocenters. The molecular formula is C11H14N2O5. The van der Waals surface area contributed by atoms with Crippen LogP contribution >= 0.6 is 0 Å². The first-order valence-corrected chi connectivity index (χ1v) is 5.09. The normalized spacial score (nSPS) is 10.8. The van der Waals surface area contributed by atoms with Gasteiger partial charge in [0, 0.05) is 0 Å². The van der Waals surface area contributed by atoms with Crippen LogP contribution in [0.15, 0.2) is 17.4 Å². The molecule has 98 valence electrons. The van der Waals surface area contributed by atoms with Crippen molar-refractivity contribution < 1.29 is 24.0 Å². The van der Waals surface area contributed by atoms with Gasteiger partial charge in [-0.2, -0.15) is 4.90 Å². The van der Waals surface area contributed by atoms with E-state index in [2.05, 4.69) is 16.3 Å². The predicted octanol–water partition coefficient (Wildman–Crippen LogP) is 2.74. The molecule has 0 aliphatic rings. The number of anilines is 1. The Bertz CT molecular complexity index is 472. The van der Waals surface area contributed by atoms with Crippen LogP contribution < -0.4 is 4.90 Å². The van der Waals surface area contributed by atoms with Gasteiger partial charge < -0.3 is 14.4 Å². The molecule has 0 saturated heterocycles. The molecule has 0 aliphatic heterocycles. The summed E-state index contributed by atoms with van der Waals surface area (Å²) in [5.41, 5.74) is -0.536. The zero-order valence-electron chi connectivity index (χ0n) is 10.3. The Hall–Kier alpha value is -2.31. The van der Waals surface area contributed by atoms with Crippen molar-refractivity contribution in [3.63, 3.8) is 0 Å². The van der Waals surface area contributed by atoms with Gasteiger partial charge in [-0.1, -0.05) is 17.8 Å². The standard InChI is InChI=1S/C11H14N2O5/c1-5-7-6-17-12-8(7)13(9(14)15)10(16)18-11(2,3)4/h5-6H,1H2,2-4H3,(H,14,15). The van der Waals surface area contributed by atoms with Crippen LogP contribution in [0.4, 0.5) is 15.4 Å². The molecule has 1 aromatic rings. The molecule has 7 nitrogen and oxygen atoms in total. The number of carbonyl (C=O) groups excluding carboxylic acids is 1. The SMILES string of the molecule is C=Cc1conc1N(C(=O)O)C(=O)OC(C)(C)C. The van der Waals surface area contributed by atoms with Crippen molar-refractivity contribution in [3.8, 4) is 0 Å². The van der Waals surface area contributed by atoms with Crippen LogP contribution in [0, 0.1) is 0 Å². The third-order valence-electron chi connectivity index (χ3n) is 1.78. The van der Waals surface area contributed by atoms with Gasteiger partial charge in [0.25, 0.3) is 0 Å². The lowest BCUT2D eigenvalue weighted by molar-refractivity contribution is 0.0579. The van der Waals surface area contributed by atoms with Gasteiger partial charge in [0.2, 0.25) is 0 Å². The van der Waals surface area contributed by atoms with E-state index in [1.54, 1.807) is 20.8 Å².